The summed E-state index contributed by atoms with van der Waals surface area (Å²) >= 11 is 0. The predicted octanol–water partition coefficient (Wildman–Crippen LogP) is 3.87. The molecule has 1 aliphatic rings. The molecule has 10 heteroatoms. The third kappa shape index (κ3) is 5.59. The van der Waals surface area contributed by atoms with Crippen molar-refractivity contribution in [1.29, 1.82) is 5.41 Å². The van der Waals surface area contributed by atoms with Crippen molar-refractivity contribution in [2.45, 2.75) is 39.3 Å². The van der Waals surface area contributed by atoms with E-state index in [1.54, 1.807) is 25.3 Å². The highest BCUT2D eigenvalue weighted by Crippen LogP contribution is 2.29. The van der Waals surface area contributed by atoms with Crippen molar-refractivity contribution in [3.8, 4) is 0 Å². The van der Waals surface area contributed by atoms with Gasteiger partial charge in [-0.05, 0) is 73.9 Å². The van der Waals surface area contributed by atoms with Gasteiger partial charge in [0.15, 0.2) is 0 Å². The molecule has 2 aromatic heterocycles. The van der Waals surface area contributed by atoms with Crippen LogP contribution >= 0.6 is 0 Å². The number of amides is 1. The Morgan fingerprint density at radius 3 is 2.69 bits per heavy atom. The van der Waals surface area contributed by atoms with E-state index >= 15 is 0 Å². The Labute approximate surface area is 226 Å². The maximum atomic E-state index is 13.8. The average molecular weight is 526 g/mol. The zero-order chi connectivity index (χ0) is 27.4. The maximum Gasteiger partial charge on any atom is 0.307 e. The molecule has 4 N–H and O–H groups in total. The van der Waals surface area contributed by atoms with Crippen LogP contribution < -0.4 is 16.0 Å². The number of esters is 1. The fourth-order valence-electron chi connectivity index (χ4n) is 4.90. The summed E-state index contributed by atoms with van der Waals surface area (Å²) in [4.78, 5) is 36.6. The number of hydrogen-bond donors (Lipinski definition) is 3. The van der Waals surface area contributed by atoms with Gasteiger partial charge in [-0.15, -0.1) is 0 Å². The minimum atomic E-state index is -0.358. The Hall–Kier alpha value is -4.73. The van der Waals surface area contributed by atoms with E-state index < -0.39 is 0 Å². The van der Waals surface area contributed by atoms with Gasteiger partial charge in [0, 0.05) is 36.1 Å². The molecule has 200 valence electrons. The van der Waals surface area contributed by atoms with Gasteiger partial charge in [0.2, 0.25) is 0 Å². The molecule has 3 heterocycles. The first kappa shape index (κ1) is 25.9. The molecule has 0 atom stereocenters. The number of nitrogens with two attached hydrogens (primary N) is 1. The number of imidazole rings is 1. The number of benzene rings is 2. The van der Waals surface area contributed by atoms with Crippen LogP contribution in [0.5, 0.6) is 0 Å². The molecule has 4 aromatic rings. The lowest BCUT2D eigenvalue weighted by atomic mass is 10.0. The number of rotatable bonds is 10. The second-order valence-corrected chi connectivity index (χ2v) is 9.33. The van der Waals surface area contributed by atoms with E-state index in [9.17, 15) is 9.59 Å². The Bertz CT molecular complexity index is 1510. The van der Waals surface area contributed by atoms with Gasteiger partial charge in [-0.25, -0.2) is 9.97 Å². The van der Waals surface area contributed by atoms with Crippen molar-refractivity contribution in [3.05, 3.63) is 83.3 Å². The molecular formula is C29H31N7O3. The molecule has 0 saturated heterocycles. The molecule has 5 rings (SSSR count). The van der Waals surface area contributed by atoms with Crippen LogP contribution in [0.2, 0.25) is 0 Å². The number of pyridine rings is 1. The highest BCUT2D eigenvalue weighted by atomic mass is 16.5. The lowest BCUT2D eigenvalue weighted by Crippen LogP contribution is -2.34. The molecule has 2 aromatic carbocycles. The maximum absolute atomic E-state index is 13.8. The topological polar surface area (TPSA) is 139 Å². The number of anilines is 2. The van der Waals surface area contributed by atoms with E-state index in [1.165, 1.54) is 4.90 Å². The summed E-state index contributed by atoms with van der Waals surface area (Å²) in [6, 6.07) is 16.5. The molecule has 0 spiro atoms. The quantitative estimate of drug-likeness (QED) is 0.162. The third-order valence-corrected chi connectivity index (χ3v) is 6.74. The lowest BCUT2D eigenvalue weighted by molar-refractivity contribution is -0.142. The normalized spacial score (nSPS) is 12.2. The van der Waals surface area contributed by atoms with Gasteiger partial charge in [0.25, 0.3) is 5.91 Å². The molecule has 1 aliphatic heterocycles. The molecule has 39 heavy (non-hydrogen) atoms. The van der Waals surface area contributed by atoms with E-state index in [0.29, 0.717) is 30.1 Å². The number of carbonyl (C=O) groups excluding carboxylic acids is 2. The predicted molar refractivity (Wildman–Crippen MR) is 150 cm³/mol. The number of carbonyl (C=O) groups is 2. The smallest absolute Gasteiger partial charge is 0.307 e. The van der Waals surface area contributed by atoms with Gasteiger partial charge < -0.3 is 20.4 Å². The monoisotopic (exact) mass is 525 g/mol. The Morgan fingerprint density at radius 2 is 1.97 bits per heavy atom. The zero-order valence-corrected chi connectivity index (χ0v) is 21.8. The van der Waals surface area contributed by atoms with Crippen molar-refractivity contribution < 1.29 is 14.3 Å². The number of ether oxygens (including phenoxy) is 1. The first-order valence-corrected chi connectivity index (χ1v) is 13.0. The number of nitrogens with zero attached hydrogens (tertiary/aromatic N) is 4. The van der Waals surface area contributed by atoms with Crippen LogP contribution in [0.15, 0.2) is 60.8 Å². The molecule has 0 radical (unpaired) electrons. The van der Waals surface area contributed by atoms with E-state index in [0.717, 1.165) is 47.5 Å². The van der Waals surface area contributed by atoms with Gasteiger partial charge in [-0.3, -0.25) is 19.9 Å². The van der Waals surface area contributed by atoms with Gasteiger partial charge >= 0.3 is 5.97 Å². The molecule has 1 amide bonds. The summed E-state index contributed by atoms with van der Waals surface area (Å²) < 4.78 is 7.29. The van der Waals surface area contributed by atoms with E-state index in [1.807, 2.05) is 42.5 Å². The van der Waals surface area contributed by atoms with Crippen molar-refractivity contribution in [2.75, 3.05) is 23.4 Å². The first-order valence-electron chi connectivity index (χ1n) is 13.0. The summed E-state index contributed by atoms with van der Waals surface area (Å²) in [5.74, 6) is 0.804. The fraction of sp³-hybridized carbons (Fsp3) is 0.276. The number of hydrogen-bond acceptors (Lipinski definition) is 7. The molecule has 0 aliphatic carbocycles. The zero-order valence-electron chi connectivity index (χ0n) is 21.8. The van der Waals surface area contributed by atoms with Crippen LogP contribution in [0.3, 0.4) is 0 Å². The van der Waals surface area contributed by atoms with Crippen molar-refractivity contribution in [3.63, 3.8) is 0 Å². The summed E-state index contributed by atoms with van der Waals surface area (Å²) in [6.45, 7) is 3.58. The van der Waals surface area contributed by atoms with Crippen LogP contribution in [-0.2, 0) is 29.0 Å². The van der Waals surface area contributed by atoms with Crippen molar-refractivity contribution in [2.24, 2.45) is 5.73 Å². The average Bonchev–Trinajstić information content (AvgIpc) is 3.31. The van der Waals surface area contributed by atoms with Gasteiger partial charge in [-0.2, -0.15) is 0 Å². The molecule has 0 fully saturated rings. The minimum Gasteiger partial charge on any atom is -0.466 e. The standard InChI is InChI=1S/C29H31N7O3/c1-2-39-26(37)12-15-36(24-7-3-4-13-32-24)29(38)21-16-20-6-5-14-35-25(34-23(17-21)27(20)35)18-33-22-10-8-19(9-11-22)28(30)31/h3-4,7-11,13,16-17,33H,2,5-6,12,14-15,18H2,1H3,(H3,30,31). The Kier molecular flexibility index (Phi) is 7.53. The summed E-state index contributed by atoms with van der Waals surface area (Å²) in [6.07, 6.45) is 3.50. The highest BCUT2D eigenvalue weighted by molar-refractivity contribution is 6.08. The third-order valence-electron chi connectivity index (χ3n) is 6.74. The van der Waals surface area contributed by atoms with Crippen LogP contribution in [0.1, 0.15) is 47.1 Å². The number of aromatic nitrogens is 3. The summed E-state index contributed by atoms with van der Waals surface area (Å²) in [7, 11) is 0. The SMILES string of the molecule is CCOC(=O)CCN(C(=O)c1cc2c3c(c1)nc(CNc1ccc(C(=N)N)cc1)n3CCC2)c1ccccn1. The Morgan fingerprint density at radius 1 is 1.15 bits per heavy atom. The molecule has 0 saturated carbocycles. The van der Waals surface area contributed by atoms with Crippen LogP contribution in [-0.4, -0.2) is 45.4 Å². The molecular weight excluding hydrogens is 494 g/mol. The van der Waals surface area contributed by atoms with Crippen LogP contribution in [0, 0.1) is 5.41 Å². The number of amidine groups is 1. The van der Waals surface area contributed by atoms with Crippen LogP contribution in [0.25, 0.3) is 11.0 Å². The summed E-state index contributed by atoms with van der Waals surface area (Å²) in [5.41, 5.74) is 10.5. The number of aryl methyl sites for hydroxylation is 2. The molecule has 10 nitrogen and oxygen atoms in total. The minimum absolute atomic E-state index is 0.0332. The van der Waals surface area contributed by atoms with Crippen molar-refractivity contribution in [1.82, 2.24) is 14.5 Å². The second kappa shape index (κ2) is 11.3. The fourth-order valence-corrected chi connectivity index (χ4v) is 4.90. The lowest BCUT2D eigenvalue weighted by Gasteiger charge is -2.23. The van der Waals surface area contributed by atoms with Crippen LogP contribution in [0.4, 0.5) is 11.5 Å². The number of nitrogens with one attached hydrogen (secondary N) is 2. The molecule has 0 unspecified atom stereocenters. The summed E-state index contributed by atoms with van der Waals surface area (Å²) in [5, 5.41) is 11.0. The van der Waals surface area contributed by atoms with E-state index in [2.05, 4.69) is 14.9 Å². The van der Waals surface area contributed by atoms with Gasteiger partial charge in [0.1, 0.15) is 17.5 Å². The van der Waals surface area contributed by atoms with Gasteiger partial charge in [-0.1, -0.05) is 6.07 Å². The largest absolute Gasteiger partial charge is 0.466 e. The first-order chi connectivity index (χ1) is 18.9. The van der Waals surface area contributed by atoms with E-state index in [4.69, 9.17) is 20.9 Å². The van der Waals surface area contributed by atoms with Gasteiger partial charge in [0.05, 0.1) is 30.6 Å². The second-order valence-electron chi connectivity index (χ2n) is 9.33. The number of nitrogen functional groups attached to an aromatic ring is 1. The van der Waals surface area contributed by atoms with E-state index in [-0.39, 0.29) is 30.7 Å². The Balaban J connectivity index is 1.42. The highest BCUT2D eigenvalue weighted by Gasteiger charge is 2.25. The molecule has 0 bridgehead atoms. The van der Waals surface area contributed by atoms with Crippen molar-refractivity contribution >= 4 is 40.3 Å².